The molecule has 1 aromatic heterocycles. The SMILES string of the molecule is CSc1nnc(SC(C(N)=O)c2ccccc2)s1. The summed E-state index contributed by atoms with van der Waals surface area (Å²) in [5.74, 6) is -0.368. The topological polar surface area (TPSA) is 68.9 Å². The monoisotopic (exact) mass is 297 g/mol. The van der Waals surface area contributed by atoms with Crippen molar-refractivity contribution >= 4 is 40.8 Å². The van der Waals surface area contributed by atoms with E-state index in [1.165, 1.54) is 34.9 Å². The van der Waals surface area contributed by atoms with Crippen molar-refractivity contribution in [2.24, 2.45) is 5.73 Å². The predicted octanol–water partition coefficient (Wildman–Crippen LogP) is 2.58. The first-order chi connectivity index (χ1) is 8.70. The van der Waals surface area contributed by atoms with Gasteiger partial charge in [0.1, 0.15) is 5.25 Å². The van der Waals surface area contributed by atoms with Gasteiger partial charge in [-0.1, -0.05) is 65.2 Å². The first-order valence-corrected chi connectivity index (χ1v) is 8.01. The molecule has 1 unspecified atom stereocenters. The van der Waals surface area contributed by atoms with Gasteiger partial charge in [-0.2, -0.15) is 0 Å². The maximum Gasteiger partial charge on any atom is 0.235 e. The molecule has 1 aromatic carbocycles. The van der Waals surface area contributed by atoms with E-state index in [1.54, 1.807) is 0 Å². The van der Waals surface area contributed by atoms with Crippen LogP contribution in [0.4, 0.5) is 0 Å². The number of hydrogen-bond acceptors (Lipinski definition) is 6. The molecule has 0 spiro atoms. The van der Waals surface area contributed by atoms with E-state index >= 15 is 0 Å². The van der Waals surface area contributed by atoms with Crippen LogP contribution in [-0.4, -0.2) is 22.4 Å². The van der Waals surface area contributed by atoms with Gasteiger partial charge in [0.15, 0.2) is 8.68 Å². The molecule has 4 nitrogen and oxygen atoms in total. The number of hydrogen-bond donors (Lipinski definition) is 1. The maximum atomic E-state index is 11.5. The normalized spacial score (nSPS) is 12.3. The maximum absolute atomic E-state index is 11.5. The molecule has 0 bridgehead atoms. The van der Waals surface area contributed by atoms with Crippen LogP contribution in [0.1, 0.15) is 10.8 Å². The molecule has 2 N–H and O–H groups in total. The third-order valence-corrected chi connectivity index (χ3v) is 5.40. The lowest BCUT2D eigenvalue weighted by Crippen LogP contribution is -2.18. The Balaban J connectivity index is 2.19. The number of nitrogens with two attached hydrogens (primary N) is 1. The van der Waals surface area contributed by atoms with Crippen LogP contribution in [0.15, 0.2) is 39.0 Å². The Morgan fingerprint density at radius 1 is 1.28 bits per heavy atom. The highest BCUT2D eigenvalue weighted by atomic mass is 32.2. The summed E-state index contributed by atoms with van der Waals surface area (Å²) >= 11 is 4.35. The van der Waals surface area contributed by atoms with Crippen molar-refractivity contribution in [2.45, 2.75) is 13.9 Å². The van der Waals surface area contributed by atoms with Crippen LogP contribution >= 0.6 is 34.9 Å². The van der Waals surface area contributed by atoms with Crippen molar-refractivity contribution in [3.05, 3.63) is 35.9 Å². The highest BCUT2D eigenvalue weighted by molar-refractivity contribution is 8.03. The van der Waals surface area contributed by atoms with Gasteiger partial charge in [-0.25, -0.2) is 0 Å². The van der Waals surface area contributed by atoms with Crippen LogP contribution in [0.25, 0.3) is 0 Å². The zero-order valence-corrected chi connectivity index (χ0v) is 12.0. The fourth-order valence-corrected chi connectivity index (χ4v) is 3.93. The number of carbonyl (C=O) groups is 1. The van der Waals surface area contributed by atoms with Crippen molar-refractivity contribution in [1.29, 1.82) is 0 Å². The highest BCUT2D eigenvalue weighted by Crippen LogP contribution is 2.37. The van der Waals surface area contributed by atoms with Crippen LogP contribution in [0.5, 0.6) is 0 Å². The fraction of sp³-hybridized carbons (Fsp3) is 0.182. The number of thioether (sulfide) groups is 2. The van der Waals surface area contributed by atoms with Crippen molar-refractivity contribution in [3.8, 4) is 0 Å². The van der Waals surface area contributed by atoms with E-state index in [1.807, 2.05) is 36.6 Å². The van der Waals surface area contributed by atoms with Crippen molar-refractivity contribution in [3.63, 3.8) is 0 Å². The van der Waals surface area contributed by atoms with E-state index < -0.39 is 5.25 Å². The molecule has 2 rings (SSSR count). The molecule has 2 aromatic rings. The molecule has 0 aliphatic rings. The van der Waals surface area contributed by atoms with E-state index in [0.29, 0.717) is 0 Å². The first kappa shape index (κ1) is 13.4. The Labute approximate surface area is 117 Å². The average Bonchev–Trinajstić information content (AvgIpc) is 2.84. The van der Waals surface area contributed by atoms with Crippen molar-refractivity contribution in [2.75, 3.05) is 6.26 Å². The number of aromatic nitrogens is 2. The second kappa shape index (κ2) is 6.21. The molecule has 94 valence electrons. The Hall–Kier alpha value is -1.05. The summed E-state index contributed by atoms with van der Waals surface area (Å²) in [7, 11) is 0. The summed E-state index contributed by atoms with van der Waals surface area (Å²) in [6, 6.07) is 9.46. The Bertz CT molecular complexity index is 529. The number of primary amides is 1. The summed E-state index contributed by atoms with van der Waals surface area (Å²) in [4.78, 5) is 11.5. The van der Waals surface area contributed by atoms with Gasteiger partial charge in [-0.3, -0.25) is 4.79 Å². The van der Waals surface area contributed by atoms with Gasteiger partial charge >= 0.3 is 0 Å². The average molecular weight is 297 g/mol. The molecule has 0 radical (unpaired) electrons. The lowest BCUT2D eigenvalue weighted by Gasteiger charge is -2.10. The summed E-state index contributed by atoms with van der Waals surface area (Å²) in [5.41, 5.74) is 6.33. The third-order valence-electron chi connectivity index (χ3n) is 2.14. The van der Waals surface area contributed by atoms with Gasteiger partial charge < -0.3 is 5.73 Å². The smallest absolute Gasteiger partial charge is 0.235 e. The molecule has 1 atom stereocenters. The van der Waals surface area contributed by atoms with E-state index in [2.05, 4.69) is 10.2 Å². The molecule has 7 heteroatoms. The minimum Gasteiger partial charge on any atom is -0.368 e. The second-order valence-corrected chi connectivity index (χ2v) is 6.73. The van der Waals surface area contributed by atoms with Gasteiger partial charge in [0.2, 0.25) is 5.91 Å². The molecule has 0 aliphatic carbocycles. The van der Waals surface area contributed by atoms with Gasteiger partial charge in [-0.05, 0) is 11.8 Å². The van der Waals surface area contributed by atoms with Crippen LogP contribution in [0.2, 0.25) is 0 Å². The first-order valence-electron chi connectivity index (χ1n) is 5.09. The highest BCUT2D eigenvalue weighted by Gasteiger charge is 2.21. The van der Waals surface area contributed by atoms with Crippen LogP contribution in [0, 0.1) is 0 Å². The fourth-order valence-electron chi connectivity index (χ4n) is 1.35. The minimum atomic E-state index is -0.422. The number of amides is 1. The number of benzene rings is 1. The standard InChI is InChI=1S/C11H11N3OS3/c1-16-10-13-14-11(18-10)17-8(9(12)15)7-5-3-2-4-6-7/h2-6,8H,1H3,(H2,12,15). The predicted molar refractivity (Wildman–Crippen MR) is 75.9 cm³/mol. The zero-order chi connectivity index (χ0) is 13.0. The molecule has 0 saturated carbocycles. The van der Waals surface area contributed by atoms with Crippen LogP contribution in [-0.2, 0) is 4.79 Å². The van der Waals surface area contributed by atoms with Crippen molar-refractivity contribution in [1.82, 2.24) is 10.2 Å². The Morgan fingerprint density at radius 2 is 1.94 bits per heavy atom. The summed E-state index contributed by atoms with van der Waals surface area (Å²) in [5, 5.41) is 7.61. The van der Waals surface area contributed by atoms with Gasteiger partial charge in [0.25, 0.3) is 0 Å². The van der Waals surface area contributed by atoms with Gasteiger partial charge in [0.05, 0.1) is 0 Å². The summed E-state index contributed by atoms with van der Waals surface area (Å²) < 4.78 is 1.64. The second-order valence-electron chi connectivity index (χ2n) is 3.35. The zero-order valence-electron chi connectivity index (χ0n) is 9.57. The van der Waals surface area contributed by atoms with Crippen LogP contribution in [0.3, 0.4) is 0 Å². The number of rotatable bonds is 5. The van der Waals surface area contributed by atoms with Crippen LogP contribution < -0.4 is 5.73 Å². The summed E-state index contributed by atoms with van der Waals surface area (Å²) in [6.07, 6.45) is 1.94. The molecule has 18 heavy (non-hydrogen) atoms. The molecule has 1 heterocycles. The number of nitrogens with zero attached hydrogens (tertiary/aromatic N) is 2. The minimum absolute atomic E-state index is 0.368. The van der Waals surface area contributed by atoms with E-state index in [9.17, 15) is 4.79 Å². The lowest BCUT2D eigenvalue weighted by atomic mass is 10.1. The Morgan fingerprint density at radius 3 is 2.50 bits per heavy atom. The molecule has 0 aliphatic heterocycles. The van der Waals surface area contributed by atoms with E-state index in [0.717, 1.165) is 14.2 Å². The number of carbonyl (C=O) groups excluding carboxylic acids is 1. The van der Waals surface area contributed by atoms with Gasteiger partial charge in [-0.15, -0.1) is 10.2 Å². The van der Waals surface area contributed by atoms with Gasteiger partial charge in [0, 0.05) is 0 Å². The Kier molecular flexibility index (Phi) is 4.62. The quantitative estimate of drug-likeness (QED) is 0.859. The van der Waals surface area contributed by atoms with E-state index in [-0.39, 0.29) is 5.91 Å². The van der Waals surface area contributed by atoms with E-state index in [4.69, 9.17) is 5.73 Å². The van der Waals surface area contributed by atoms with Crippen molar-refractivity contribution < 1.29 is 4.79 Å². The third kappa shape index (κ3) is 3.24. The molecule has 0 fully saturated rings. The molecule has 1 amide bonds. The molecular formula is C11H11N3OS3. The molecular weight excluding hydrogens is 286 g/mol. The molecule has 0 saturated heterocycles. The largest absolute Gasteiger partial charge is 0.368 e. The lowest BCUT2D eigenvalue weighted by molar-refractivity contribution is -0.117. The summed E-state index contributed by atoms with van der Waals surface area (Å²) in [6.45, 7) is 0.